The fourth-order valence-electron chi connectivity index (χ4n) is 2.27. The molecule has 24 heavy (non-hydrogen) atoms. The highest BCUT2D eigenvalue weighted by Crippen LogP contribution is 2.18. The van der Waals surface area contributed by atoms with Gasteiger partial charge < -0.3 is 9.84 Å². The van der Waals surface area contributed by atoms with Gasteiger partial charge in [-0.05, 0) is 61.7 Å². The Balaban J connectivity index is 1.94. The zero-order chi connectivity index (χ0) is 17.5. The Morgan fingerprint density at radius 1 is 1.17 bits per heavy atom. The number of benzene rings is 2. The number of phenolic OH excluding ortho intramolecular Hbond substituents is 1. The molecule has 5 heteroatoms. The van der Waals surface area contributed by atoms with Gasteiger partial charge in [0, 0.05) is 0 Å². The number of ether oxygens (including phenoxy) is 1. The number of aromatic hydroxyl groups is 1. The molecule has 1 amide bonds. The average molecular weight is 326 g/mol. The van der Waals surface area contributed by atoms with E-state index in [1.165, 1.54) is 0 Å². The molecule has 0 saturated carbocycles. The zero-order valence-corrected chi connectivity index (χ0v) is 14.2. The van der Waals surface area contributed by atoms with Gasteiger partial charge in [0.2, 0.25) is 0 Å². The van der Waals surface area contributed by atoms with E-state index in [0.717, 1.165) is 22.4 Å². The standard InChI is InChI=1S/C19H22N2O3/c1-4-17(15-6-8-16(22)9-7-15)20-21-19(23)12-24-18-10-5-13(2)11-14(18)3/h5-11,22H,4,12H2,1-3H3,(H,21,23)/b20-17+. The van der Waals surface area contributed by atoms with E-state index in [4.69, 9.17) is 4.74 Å². The minimum Gasteiger partial charge on any atom is -0.508 e. The van der Waals surface area contributed by atoms with Crippen molar-refractivity contribution >= 4 is 11.6 Å². The van der Waals surface area contributed by atoms with Crippen molar-refractivity contribution in [1.29, 1.82) is 0 Å². The molecule has 0 aliphatic heterocycles. The van der Waals surface area contributed by atoms with Crippen molar-refractivity contribution in [3.63, 3.8) is 0 Å². The Bertz CT molecular complexity index is 737. The number of carbonyl (C=O) groups is 1. The van der Waals surface area contributed by atoms with Gasteiger partial charge in [-0.1, -0.05) is 24.6 Å². The van der Waals surface area contributed by atoms with Gasteiger partial charge in [-0.2, -0.15) is 5.10 Å². The molecule has 126 valence electrons. The molecule has 0 saturated heterocycles. The Morgan fingerprint density at radius 3 is 2.50 bits per heavy atom. The largest absolute Gasteiger partial charge is 0.508 e. The Labute approximate surface area is 142 Å². The lowest BCUT2D eigenvalue weighted by molar-refractivity contribution is -0.123. The highest BCUT2D eigenvalue weighted by Gasteiger charge is 2.06. The topological polar surface area (TPSA) is 70.9 Å². The number of carbonyl (C=O) groups excluding carboxylic acids is 1. The van der Waals surface area contributed by atoms with E-state index >= 15 is 0 Å². The maximum absolute atomic E-state index is 11.9. The van der Waals surface area contributed by atoms with Crippen LogP contribution in [0.4, 0.5) is 0 Å². The van der Waals surface area contributed by atoms with Crippen LogP contribution in [0.1, 0.15) is 30.0 Å². The molecule has 0 aromatic heterocycles. The van der Waals surface area contributed by atoms with Crippen LogP contribution in [-0.4, -0.2) is 23.3 Å². The Hall–Kier alpha value is -2.82. The van der Waals surface area contributed by atoms with E-state index in [0.29, 0.717) is 12.2 Å². The van der Waals surface area contributed by atoms with E-state index in [2.05, 4.69) is 10.5 Å². The van der Waals surface area contributed by atoms with Crippen LogP contribution >= 0.6 is 0 Å². The van der Waals surface area contributed by atoms with Gasteiger partial charge in [-0.25, -0.2) is 5.43 Å². The van der Waals surface area contributed by atoms with Gasteiger partial charge in [-0.15, -0.1) is 0 Å². The van der Waals surface area contributed by atoms with Crippen molar-refractivity contribution in [3.8, 4) is 11.5 Å². The summed E-state index contributed by atoms with van der Waals surface area (Å²) in [6.45, 7) is 5.80. The maximum Gasteiger partial charge on any atom is 0.277 e. The van der Waals surface area contributed by atoms with Crippen LogP contribution in [0, 0.1) is 13.8 Å². The molecule has 2 aromatic rings. The molecule has 0 bridgehead atoms. The number of nitrogens with one attached hydrogen (secondary N) is 1. The van der Waals surface area contributed by atoms with Gasteiger partial charge in [0.05, 0.1) is 5.71 Å². The smallest absolute Gasteiger partial charge is 0.277 e. The fraction of sp³-hybridized carbons (Fsp3) is 0.263. The van der Waals surface area contributed by atoms with Crippen LogP contribution in [-0.2, 0) is 4.79 Å². The van der Waals surface area contributed by atoms with Crippen molar-refractivity contribution in [2.45, 2.75) is 27.2 Å². The number of rotatable bonds is 6. The van der Waals surface area contributed by atoms with E-state index in [-0.39, 0.29) is 18.3 Å². The Morgan fingerprint density at radius 2 is 1.88 bits per heavy atom. The van der Waals surface area contributed by atoms with E-state index in [1.807, 2.05) is 39.0 Å². The van der Waals surface area contributed by atoms with Crippen LogP contribution < -0.4 is 10.2 Å². The summed E-state index contributed by atoms with van der Waals surface area (Å²) in [4.78, 5) is 11.9. The fourth-order valence-corrected chi connectivity index (χ4v) is 2.27. The second-order valence-corrected chi connectivity index (χ2v) is 5.55. The number of amides is 1. The predicted octanol–water partition coefficient (Wildman–Crippen LogP) is 3.32. The number of nitrogens with zero attached hydrogens (tertiary/aromatic N) is 1. The lowest BCUT2D eigenvalue weighted by atomic mass is 10.1. The SMILES string of the molecule is CC/C(=N\NC(=O)COc1ccc(C)cc1C)c1ccc(O)cc1. The summed E-state index contributed by atoms with van der Waals surface area (Å²) in [6, 6.07) is 12.5. The lowest BCUT2D eigenvalue weighted by Crippen LogP contribution is -2.26. The molecule has 0 radical (unpaired) electrons. The molecule has 0 aliphatic rings. The van der Waals surface area contributed by atoms with Crippen LogP contribution in [0.25, 0.3) is 0 Å². The van der Waals surface area contributed by atoms with E-state index in [1.54, 1.807) is 24.3 Å². The number of hydrogen-bond donors (Lipinski definition) is 2. The third kappa shape index (κ3) is 4.84. The molecular formula is C19H22N2O3. The number of hydrogen-bond acceptors (Lipinski definition) is 4. The summed E-state index contributed by atoms with van der Waals surface area (Å²) in [5.41, 5.74) is 6.23. The van der Waals surface area contributed by atoms with E-state index < -0.39 is 0 Å². The first kappa shape index (κ1) is 17.5. The van der Waals surface area contributed by atoms with Crippen LogP contribution in [0.15, 0.2) is 47.6 Å². The minimum absolute atomic E-state index is 0.0972. The number of hydrazone groups is 1. The number of aryl methyl sites for hydroxylation is 2. The maximum atomic E-state index is 11.9. The second-order valence-electron chi connectivity index (χ2n) is 5.55. The van der Waals surface area contributed by atoms with Gasteiger partial charge >= 0.3 is 0 Å². The number of phenols is 1. The average Bonchev–Trinajstić information content (AvgIpc) is 2.56. The molecular weight excluding hydrogens is 304 g/mol. The van der Waals surface area contributed by atoms with Crippen LogP contribution in [0.3, 0.4) is 0 Å². The van der Waals surface area contributed by atoms with Crippen molar-refractivity contribution < 1.29 is 14.6 Å². The third-order valence-corrected chi connectivity index (χ3v) is 3.54. The first-order valence-corrected chi connectivity index (χ1v) is 7.84. The van der Waals surface area contributed by atoms with Crippen LogP contribution in [0.5, 0.6) is 11.5 Å². The van der Waals surface area contributed by atoms with Gasteiger partial charge in [0.15, 0.2) is 6.61 Å². The summed E-state index contributed by atoms with van der Waals surface area (Å²) < 4.78 is 5.53. The Kier molecular flexibility index (Phi) is 5.95. The van der Waals surface area contributed by atoms with Crippen molar-refractivity contribution in [2.75, 3.05) is 6.61 Å². The summed E-state index contributed by atoms with van der Waals surface area (Å²) in [5, 5.41) is 13.5. The molecule has 5 nitrogen and oxygen atoms in total. The third-order valence-electron chi connectivity index (χ3n) is 3.54. The second kappa shape index (κ2) is 8.15. The first-order chi connectivity index (χ1) is 11.5. The molecule has 2 N–H and O–H groups in total. The molecule has 2 aromatic carbocycles. The highest BCUT2D eigenvalue weighted by atomic mass is 16.5. The predicted molar refractivity (Wildman–Crippen MR) is 94.5 cm³/mol. The molecule has 0 fully saturated rings. The molecule has 0 spiro atoms. The van der Waals surface area contributed by atoms with E-state index in [9.17, 15) is 9.90 Å². The van der Waals surface area contributed by atoms with Crippen molar-refractivity contribution in [1.82, 2.24) is 5.43 Å². The van der Waals surface area contributed by atoms with Crippen molar-refractivity contribution in [2.24, 2.45) is 5.10 Å². The summed E-state index contributed by atoms with van der Waals surface area (Å²) in [7, 11) is 0. The van der Waals surface area contributed by atoms with Gasteiger partial charge in [0.25, 0.3) is 5.91 Å². The van der Waals surface area contributed by atoms with Gasteiger partial charge in [-0.3, -0.25) is 4.79 Å². The summed E-state index contributed by atoms with van der Waals surface area (Å²) in [5.74, 6) is 0.564. The lowest BCUT2D eigenvalue weighted by Gasteiger charge is -2.09. The minimum atomic E-state index is -0.320. The van der Waals surface area contributed by atoms with Crippen LogP contribution in [0.2, 0.25) is 0 Å². The summed E-state index contributed by atoms with van der Waals surface area (Å²) >= 11 is 0. The molecule has 0 heterocycles. The van der Waals surface area contributed by atoms with Crippen molar-refractivity contribution in [3.05, 3.63) is 59.2 Å². The quantitative estimate of drug-likeness (QED) is 0.632. The zero-order valence-electron chi connectivity index (χ0n) is 14.2. The summed E-state index contributed by atoms with van der Waals surface area (Å²) in [6.07, 6.45) is 0.656. The molecule has 0 unspecified atom stereocenters. The monoisotopic (exact) mass is 326 g/mol. The molecule has 0 atom stereocenters. The normalized spacial score (nSPS) is 11.2. The molecule has 2 rings (SSSR count). The highest BCUT2D eigenvalue weighted by molar-refractivity contribution is 6.01. The molecule has 0 aliphatic carbocycles. The van der Waals surface area contributed by atoms with Gasteiger partial charge in [0.1, 0.15) is 11.5 Å². The first-order valence-electron chi connectivity index (χ1n) is 7.84.